The molecular formula is C19H25NO4. The summed E-state index contributed by atoms with van der Waals surface area (Å²) in [5.74, 6) is -0.719. The second kappa shape index (κ2) is 11.2. The van der Waals surface area contributed by atoms with Gasteiger partial charge in [0.15, 0.2) is 0 Å². The minimum absolute atomic E-state index is 0.197. The summed E-state index contributed by atoms with van der Waals surface area (Å²) in [6.45, 7) is 3.96. The van der Waals surface area contributed by atoms with Gasteiger partial charge in [-0.2, -0.15) is 0 Å². The van der Waals surface area contributed by atoms with Gasteiger partial charge in [0.2, 0.25) is 5.91 Å². The summed E-state index contributed by atoms with van der Waals surface area (Å²) in [6, 6.07) is 8.78. The van der Waals surface area contributed by atoms with Crippen molar-refractivity contribution < 1.29 is 19.1 Å². The molecular weight excluding hydrogens is 306 g/mol. The van der Waals surface area contributed by atoms with Crippen LogP contribution in [0.3, 0.4) is 0 Å². The first-order valence-electron chi connectivity index (χ1n) is 8.17. The van der Waals surface area contributed by atoms with Crippen LogP contribution in [0.5, 0.6) is 0 Å². The van der Waals surface area contributed by atoms with Crippen LogP contribution in [0.1, 0.15) is 48.9 Å². The Morgan fingerprint density at radius 3 is 2.42 bits per heavy atom. The number of imide groups is 1. The average Bonchev–Trinajstić information content (AvgIpc) is 2.62. The molecule has 0 aliphatic heterocycles. The molecule has 0 saturated carbocycles. The Morgan fingerprint density at radius 1 is 1.08 bits per heavy atom. The number of rotatable bonds is 10. The van der Waals surface area contributed by atoms with Gasteiger partial charge in [0.25, 0.3) is 5.91 Å². The van der Waals surface area contributed by atoms with Crippen molar-refractivity contribution in [2.75, 3.05) is 13.7 Å². The van der Waals surface area contributed by atoms with E-state index in [0.29, 0.717) is 37.8 Å². The average molecular weight is 331 g/mol. The Morgan fingerprint density at radius 2 is 1.79 bits per heavy atom. The predicted octanol–water partition coefficient (Wildman–Crippen LogP) is 3.36. The Balaban J connectivity index is 2.61. The topological polar surface area (TPSA) is 63.7 Å². The Kier molecular flexibility index (Phi) is 9.12. The fraction of sp³-hybridized carbons (Fsp3) is 0.421. The largest absolute Gasteiger partial charge is 0.469 e. The van der Waals surface area contributed by atoms with Crippen LogP contribution in [0.25, 0.3) is 0 Å². The summed E-state index contributed by atoms with van der Waals surface area (Å²) >= 11 is 0. The van der Waals surface area contributed by atoms with Gasteiger partial charge in [-0.05, 0) is 31.4 Å². The molecule has 2 amide bonds. The third-order valence-electron chi connectivity index (χ3n) is 3.62. The standard InChI is InChI=1S/C19H25NO4/c1-3-4-13-17(21)20(15-10-6-9-14-18(22)24-2)19(23)16-11-7-5-8-12-16/h3,5,7-8,11-12H,1,4,6,9-10,13-15H2,2H3. The lowest BCUT2D eigenvalue weighted by Gasteiger charge is -2.21. The van der Waals surface area contributed by atoms with Gasteiger partial charge < -0.3 is 4.74 Å². The van der Waals surface area contributed by atoms with Crippen LogP contribution in [0.15, 0.2) is 43.0 Å². The predicted molar refractivity (Wildman–Crippen MR) is 92.4 cm³/mol. The van der Waals surface area contributed by atoms with Gasteiger partial charge in [-0.15, -0.1) is 6.58 Å². The molecule has 0 aliphatic carbocycles. The van der Waals surface area contributed by atoms with Crippen LogP contribution < -0.4 is 0 Å². The van der Waals surface area contributed by atoms with E-state index < -0.39 is 0 Å². The highest BCUT2D eigenvalue weighted by Crippen LogP contribution is 2.11. The van der Waals surface area contributed by atoms with Crippen molar-refractivity contribution in [2.24, 2.45) is 0 Å². The molecule has 0 aliphatic rings. The summed E-state index contributed by atoms with van der Waals surface area (Å²) in [5, 5.41) is 0. The number of ether oxygens (including phenoxy) is 1. The molecule has 24 heavy (non-hydrogen) atoms. The van der Waals surface area contributed by atoms with Gasteiger partial charge in [-0.3, -0.25) is 19.3 Å². The van der Waals surface area contributed by atoms with E-state index in [0.717, 1.165) is 6.42 Å². The summed E-state index contributed by atoms with van der Waals surface area (Å²) in [6.07, 6.45) is 4.93. The lowest BCUT2D eigenvalue weighted by molar-refractivity contribution is -0.140. The molecule has 0 atom stereocenters. The van der Waals surface area contributed by atoms with E-state index in [1.165, 1.54) is 12.0 Å². The quantitative estimate of drug-likeness (QED) is 0.375. The van der Waals surface area contributed by atoms with Gasteiger partial charge in [-0.25, -0.2) is 0 Å². The Hall–Kier alpha value is -2.43. The number of hydrogen-bond acceptors (Lipinski definition) is 4. The van der Waals surface area contributed by atoms with Gasteiger partial charge in [0.1, 0.15) is 0 Å². The van der Waals surface area contributed by atoms with Crippen molar-refractivity contribution in [1.29, 1.82) is 0 Å². The van der Waals surface area contributed by atoms with Crippen LogP contribution >= 0.6 is 0 Å². The van der Waals surface area contributed by atoms with Gasteiger partial charge in [0, 0.05) is 24.9 Å². The fourth-order valence-corrected chi connectivity index (χ4v) is 2.25. The molecule has 0 fully saturated rings. The lowest BCUT2D eigenvalue weighted by Crippen LogP contribution is -2.37. The van der Waals surface area contributed by atoms with Crippen LogP contribution in [-0.4, -0.2) is 36.3 Å². The molecule has 0 saturated heterocycles. The number of unbranched alkanes of at least 4 members (excludes halogenated alkanes) is 2. The summed E-state index contributed by atoms with van der Waals surface area (Å²) in [5.41, 5.74) is 0.499. The number of nitrogens with zero attached hydrogens (tertiary/aromatic N) is 1. The number of allylic oxidation sites excluding steroid dienone is 1. The molecule has 0 N–H and O–H groups in total. The maximum absolute atomic E-state index is 12.6. The molecule has 0 radical (unpaired) electrons. The fourth-order valence-electron chi connectivity index (χ4n) is 2.25. The molecule has 130 valence electrons. The Bertz CT molecular complexity index is 554. The lowest BCUT2D eigenvalue weighted by atomic mass is 10.1. The monoisotopic (exact) mass is 331 g/mol. The zero-order chi connectivity index (χ0) is 17.8. The zero-order valence-corrected chi connectivity index (χ0v) is 14.2. The minimum Gasteiger partial charge on any atom is -0.469 e. The first-order chi connectivity index (χ1) is 11.6. The van der Waals surface area contributed by atoms with Crippen LogP contribution in [0.4, 0.5) is 0 Å². The van der Waals surface area contributed by atoms with E-state index in [-0.39, 0.29) is 24.2 Å². The number of carbonyl (C=O) groups is 3. The van der Waals surface area contributed by atoms with Crippen molar-refractivity contribution in [3.8, 4) is 0 Å². The second-order valence-corrected chi connectivity index (χ2v) is 5.43. The summed E-state index contributed by atoms with van der Waals surface area (Å²) < 4.78 is 4.59. The smallest absolute Gasteiger partial charge is 0.305 e. The normalized spacial score (nSPS) is 10.0. The maximum atomic E-state index is 12.6. The van der Waals surface area contributed by atoms with Gasteiger partial charge >= 0.3 is 5.97 Å². The van der Waals surface area contributed by atoms with Crippen LogP contribution in [0, 0.1) is 0 Å². The van der Waals surface area contributed by atoms with E-state index in [4.69, 9.17) is 0 Å². The number of benzene rings is 1. The highest BCUT2D eigenvalue weighted by Gasteiger charge is 2.21. The van der Waals surface area contributed by atoms with Crippen molar-refractivity contribution in [3.63, 3.8) is 0 Å². The SMILES string of the molecule is C=CCCC(=O)N(CCCCCC(=O)OC)C(=O)c1ccccc1. The number of methoxy groups -OCH3 is 1. The highest BCUT2D eigenvalue weighted by molar-refractivity contribution is 6.04. The van der Waals surface area contributed by atoms with Crippen LogP contribution in [-0.2, 0) is 14.3 Å². The molecule has 0 unspecified atom stereocenters. The minimum atomic E-state index is -0.280. The molecule has 0 spiro atoms. The molecule has 1 rings (SSSR count). The summed E-state index contributed by atoms with van der Waals surface area (Å²) in [4.78, 5) is 37.3. The third kappa shape index (κ3) is 6.77. The molecule has 1 aromatic carbocycles. The maximum Gasteiger partial charge on any atom is 0.305 e. The van der Waals surface area contributed by atoms with E-state index in [1.807, 2.05) is 6.07 Å². The number of hydrogen-bond donors (Lipinski definition) is 0. The van der Waals surface area contributed by atoms with Crippen molar-refractivity contribution in [1.82, 2.24) is 4.90 Å². The molecule has 1 aromatic rings. The van der Waals surface area contributed by atoms with Crippen molar-refractivity contribution in [2.45, 2.75) is 38.5 Å². The molecule has 0 aromatic heterocycles. The van der Waals surface area contributed by atoms with E-state index in [1.54, 1.807) is 30.3 Å². The molecule has 0 bridgehead atoms. The Labute approximate surface area is 143 Å². The first-order valence-corrected chi connectivity index (χ1v) is 8.17. The number of carbonyl (C=O) groups excluding carboxylic acids is 3. The first kappa shape index (κ1) is 19.6. The third-order valence-corrected chi connectivity index (χ3v) is 3.62. The highest BCUT2D eigenvalue weighted by atomic mass is 16.5. The zero-order valence-electron chi connectivity index (χ0n) is 14.2. The number of esters is 1. The molecule has 0 heterocycles. The van der Waals surface area contributed by atoms with Gasteiger partial charge in [-0.1, -0.05) is 30.7 Å². The van der Waals surface area contributed by atoms with E-state index in [9.17, 15) is 14.4 Å². The van der Waals surface area contributed by atoms with Gasteiger partial charge in [0.05, 0.1) is 7.11 Å². The van der Waals surface area contributed by atoms with E-state index >= 15 is 0 Å². The van der Waals surface area contributed by atoms with E-state index in [2.05, 4.69) is 11.3 Å². The van der Waals surface area contributed by atoms with Crippen molar-refractivity contribution >= 4 is 17.8 Å². The molecule has 5 nitrogen and oxygen atoms in total. The second-order valence-electron chi connectivity index (χ2n) is 5.43. The molecule has 5 heteroatoms. The van der Waals surface area contributed by atoms with Crippen LogP contribution in [0.2, 0.25) is 0 Å². The number of amides is 2. The summed E-state index contributed by atoms with van der Waals surface area (Å²) in [7, 11) is 1.36. The van der Waals surface area contributed by atoms with Crippen molar-refractivity contribution in [3.05, 3.63) is 48.6 Å².